The summed E-state index contributed by atoms with van der Waals surface area (Å²) in [5, 5.41) is 3.29. The van der Waals surface area contributed by atoms with Gasteiger partial charge in [-0.25, -0.2) is 0 Å². The van der Waals surface area contributed by atoms with Crippen molar-refractivity contribution in [2.75, 3.05) is 13.1 Å². The predicted octanol–water partition coefficient (Wildman–Crippen LogP) is 2.17. The molecule has 94 valence electrons. The van der Waals surface area contributed by atoms with Crippen LogP contribution in [0, 0.1) is 0 Å². The molecular formula is C13H26N2O. The van der Waals surface area contributed by atoms with Gasteiger partial charge in [0.25, 0.3) is 0 Å². The number of unbranched alkanes of at least 4 members (excludes halogenated alkanes) is 2. The van der Waals surface area contributed by atoms with Crippen LogP contribution in [0.25, 0.3) is 0 Å². The van der Waals surface area contributed by atoms with Gasteiger partial charge in [0.2, 0.25) is 5.91 Å². The molecule has 0 radical (unpaired) electrons. The minimum Gasteiger partial charge on any atom is -0.339 e. The standard InChI is InChI=1S/C13H26N2O/c1-4-5-6-10-15(11(2)3)13(16)12-8-7-9-14-12/h11-12,14H,4-10H2,1-3H3/t12-/m1/s1. The Labute approximate surface area is 99.6 Å². The maximum Gasteiger partial charge on any atom is 0.239 e. The molecule has 1 heterocycles. The van der Waals surface area contributed by atoms with Crippen molar-refractivity contribution in [2.24, 2.45) is 0 Å². The van der Waals surface area contributed by atoms with Gasteiger partial charge >= 0.3 is 0 Å². The second-order valence-corrected chi connectivity index (χ2v) is 4.98. The molecule has 1 atom stereocenters. The lowest BCUT2D eigenvalue weighted by molar-refractivity contribution is -0.134. The van der Waals surface area contributed by atoms with E-state index in [0.717, 1.165) is 32.4 Å². The van der Waals surface area contributed by atoms with E-state index >= 15 is 0 Å². The van der Waals surface area contributed by atoms with E-state index < -0.39 is 0 Å². The average Bonchev–Trinajstić information content (AvgIpc) is 2.76. The molecule has 0 aliphatic carbocycles. The zero-order valence-corrected chi connectivity index (χ0v) is 11.0. The van der Waals surface area contributed by atoms with Gasteiger partial charge in [0, 0.05) is 12.6 Å². The first-order valence-electron chi connectivity index (χ1n) is 6.70. The van der Waals surface area contributed by atoms with Crippen LogP contribution >= 0.6 is 0 Å². The van der Waals surface area contributed by atoms with E-state index in [0.29, 0.717) is 11.9 Å². The average molecular weight is 226 g/mol. The van der Waals surface area contributed by atoms with Crippen LogP contribution in [0.1, 0.15) is 52.9 Å². The maximum absolute atomic E-state index is 12.2. The quantitative estimate of drug-likeness (QED) is 0.704. The SMILES string of the molecule is CCCCCN(C(=O)[C@H]1CCCN1)C(C)C. The van der Waals surface area contributed by atoms with Crippen molar-refractivity contribution in [2.45, 2.75) is 65.0 Å². The third-order valence-electron chi connectivity index (χ3n) is 3.27. The molecule has 0 aromatic carbocycles. The van der Waals surface area contributed by atoms with Gasteiger partial charge < -0.3 is 10.2 Å². The zero-order valence-electron chi connectivity index (χ0n) is 11.0. The zero-order chi connectivity index (χ0) is 12.0. The number of carbonyl (C=O) groups excluding carboxylic acids is 1. The Balaban J connectivity index is 2.44. The molecule has 0 spiro atoms. The number of amides is 1. The smallest absolute Gasteiger partial charge is 0.239 e. The van der Waals surface area contributed by atoms with Crippen molar-refractivity contribution in [3.8, 4) is 0 Å². The molecule has 1 saturated heterocycles. The van der Waals surface area contributed by atoms with Crippen LogP contribution in [0.15, 0.2) is 0 Å². The lowest BCUT2D eigenvalue weighted by Gasteiger charge is -2.29. The number of hydrogen-bond donors (Lipinski definition) is 1. The lowest BCUT2D eigenvalue weighted by atomic mass is 10.1. The number of nitrogens with one attached hydrogen (secondary N) is 1. The largest absolute Gasteiger partial charge is 0.339 e. The predicted molar refractivity (Wildman–Crippen MR) is 67.4 cm³/mol. The van der Waals surface area contributed by atoms with Gasteiger partial charge in [0.1, 0.15) is 0 Å². The molecule has 16 heavy (non-hydrogen) atoms. The molecule has 1 amide bonds. The highest BCUT2D eigenvalue weighted by atomic mass is 16.2. The van der Waals surface area contributed by atoms with Crippen LogP contribution in [-0.4, -0.2) is 36.0 Å². The minimum atomic E-state index is 0.0871. The molecule has 0 saturated carbocycles. The van der Waals surface area contributed by atoms with Crippen LogP contribution in [0.4, 0.5) is 0 Å². The van der Waals surface area contributed by atoms with Crippen LogP contribution in [0.5, 0.6) is 0 Å². The van der Waals surface area contributed by atoms with Crippen LogP contribution < -0.4 is 5.32 Å². The normalized spacial score (nSPS) is 20.4. The molecule has 1 aliphatic rings. The van der Waals surface area contributed by atoms with Crippen molar-refractivity contribution in [1.29, 1.82) is 0 Å². The fourth-order valence-electron chi connectivity index (χ4n) is 2.25. The van der Waals surface area contributed by atoms with Crippen molar-refractivity contribution in [1.82, 2.24) is 10.2 Å². The fraction of sp³-hybridized carbons (Fsp3) is 0.923. The van der Waals surface area contributed by atoms with E-state index in [9.17, 15) is 4.79 Å². The molecule has 0 aromatic rings. The van der Waals surface area contributed by atoms with Gasteiger partial charge in [-0.05, 0) is 39.7 Å². The highest BCUT2D eigenvalue weighted by Crippen LogP contribution is 2.12. The summed E-state index contributed by atoms with van der Waals surface area (Å²) >= 11 is 0. The molecule has 1 aliphatic heterocycles. The molecule has 0 unspecified atom stereocenters. The summed E-state index contributed by atoms with van der Waals surface area (Å²) in [6.07, 6.45) is 5.71. The number of hydrogen-bond acceptors (Lipinski definition) is 2. The van der Waals surface area contributed by atoms with Crippen molar-refractivity contribution >= 4 is 5.91 Å². The molecule has 1 fully saturated rings. The second kappa shape index (κ2) is 6.89. The fourth-order valence-corrected chi connectivity index (χ4v) is 2.25. The van der Waals surface area contributed by atoms with Gasteiger partial charge in [-0.2, -0.15) is 0 Å². The summed E-state index contributed by atoms with van der Waals surface area (Å²) < 4.78 is 0. The van der Waals surface area contributed by atoms with Crippen LogP contribution in [0.2, 0.25) is 0 Å². The highest BCUT2D eigenvalue weighted by molar-refractivity contribution is 5.82. The Morgan fingerprint density at radius 2 is 2.19 bits per heavy atom. The molecule has 1 N–H and O–H groups in total. The topological polar surface area (TPSA) is 32.3 Å². The van der Waals surface area contributed by atoms with E-state index in [1.54, 1.807) is 0 Å². The van der Waals surface area contributed by atoms with Gasteiger partial charge in [-0.3, -0.25) is 4.79 Å². The van der Waals surface area contributed by atoms with Gasteiger partial charge in [-0.15, -0.1) is 0 Å². The van der Waals surface area contributed by atoms with Crippen molar-refractivity contribution in [3.05, 3.63) is 0 Å². The van der Waals surface area contributed by atoms with E-state index in [1.807, 2.05) is 4.90 Å². The van der Waals surface area contributed by atoms with E-state index in [-0.39, 0.29) is 6.04 Å². The van der Waals surface area contributed by atoms with Gasteiger partial charge in [0.15, 0.2) is 0 Å². The van der Waals surface area contributed by atoms with E-state index in [1.165, 1.54) is 12.8 Å². The number of nitrogens with zero attached hydrogens (tertiary/aromatic N) is 1. The summed E-state index contributed by atoms with van der Waals surface area (Å²) in [6, 6.07) is 0.413. The third-order valence-corrected chi connectivity index (χ3v) is 3.27. The second-order valence-electron chi connectivity index (χ2n) is 4.98. The molecule has 1 rings (SSSR count). The molecule has 3 heteroatoms. The molecule has 0 bridgehead atoms. The minimum absolute atomic E-state index is 0.0871. The first kappa shape index (κ1) is 13.5. The van der Waals surface area contributed by atoms with E-state index in [4.69, 9.17) is 0 Å². The van der Waals surface area contributed by atoms with Crippen molar-refractivity contribution < 1.29 is 4.79 Å². The Bertz CT molecular complexity index is 210. The molecule has 0 aromatic heterocycles. The Morgan fingerprint density at radius 1 is 1.44 bits per heavy atom. The molecule has 3 nitrogen and oxygen atoms in total. The van der Waals surface area contributed by atoms with E-state index in [2.05, 4.69) is 26.1 Å². The van der Waals surface area contributed by atoms with Crippen LogP contribution in [0.3, 0.4) is 0 Å². The summed E-state index contributed by atoms with van der Waals surface area (Å²) in [4.78, 5) is 14.3. The van der Waals surface area contributed by atoms with Gasteiger partial charge in [-0.1, -0.05) is 19.8 Å². The lowest BCUT2D eigenvalue weighted by Crippen LogP contribution is -2.47. The number of rotatable bonds is 6. The monoisotopic (exact) mass is 226 g/mol. The Hall–Kier alpha value is -0.570. The summed E-state index contributed by atoms with van der Waals surface area (Å²) in [5.41, 5.74) is 0. The summed E-state index contributed by atoms with van der Waals surface area (Å²) in [5.74, 6) is 0.309. The van der Waals surface area contributed by atoms with Gasteiger partial charge in [0.05, 0.1) is 6.04 Å². The number of carbonyl (C=O) groups is 1. The Kier molecular flexibility index (Phi) is 5.81. The first-order chi connectivity index (χ1) is 7.66. The Morgan fingerprint density at radius 3 is 2.69 bits per heavy atom. The maximum atomic E-state index is 12.2. The summed E-state index contributed by atoms with van der Waals surface area (Å²) in [7, 11) is 0. The van der Waals surface area contributed by atoms with Crippen molar-refractivity contribution in [3.63, 3.8) is 0 Å². The van der Waals surface area contributed by atoms with Crippen LogP contribution in [-0.2, 0) is 4.79 Å². The first-order valence-corrected chi connectivity index (χ1v) is 6.70. The summed E-state index contributed by atoms with van der Waals surface area (Å²) in [6.45, 7) is 8.33. The highest BCUT2D eigenvalue weighted by Gasteiger charge is 2.27. The third kappa shape index (κ3) is 3.78. The molecular weight excluding hydrogens is 200 g/mol.